The minimum atomic E-state index is -0.0695. The first-order chi connectivity index (χ1) is 13.3. The van der Waals surface area contributed by atoms with Gasteiger partial charge in [0.05, 0.1) is 28.5 Å². The summed E-state index contributed by atoms with van der Waals surface area (Å²) >= 11 is 0. The number of fused-ring (bicyclic) bond motifs is 2. The molecule has 27 heavy (non-hydrogen) atoms. The summed E-state index contributed by atoms with van der Waals surface area (Å²) in [6, 6.07) is 25.1. The van der Waals surface area contributed by atoms with Crippen LogP contribution in [0.25, 0.3) is 33.3 Å². The molecular formula is C22H16N4O. The lowest BCUT2D eigenvalue weighted by Crippen LogP contribution is -2.24. The van der Waals surface area contributed by atoms with E-state index in [2.05, 4.69) is 9.97 Å². The van der Waals surface area contributed by atoms with E-state index in [4.69, 9.17) is 4.98 Å². The van der Waals surface area contributed by atoms with Crippen molar-refractivity contribution < 1.29 is 0 Å². The normalized spacial score (nSPS) is 11.3. The van der Waals surface area contributed by atoms with Gasteiger partial charge in [0.15, 0.2) is 0 Å². The molecule has 0 unspecified atom stereocenters. The Morgan fingerprint density at radius 3 is 2.30 bits per heavy atom. The Balaban J connectivity index is 1.74. The number of rotatable bonds is 3. The van der Waals surface area contributed by atoms with Crippen molar-refractivity contribution in [3.8, 4) is 11.4 Å². The van der Waals surface area contributed by atoms with Crippen molar-refractivity contribution in [1.82, 2.24) is 19.5 Å². The average Bonchev–Trinajstić information content (AvgIpc) is 3.13. The van der Waals surface area contributed by atoms with E-state index in [1.165, 1.54) is 0 Å². The summed E-state index contributed by atoms with van der Waals surface area (Å²) < 4.78 is 1.69. The molecule has 1 N–H and O–H groups in total. The third-order valence-electron chi connectivity index (χ3n) is 4.64. The summed E-state index contributed by atoms with van der Waals surface area (Å²) in [7, 11) is 0. The molecule has 0 amide bonds. The molecule has 2 heterocycles. The fraction of sp³-hybridized carbons (Fsp3) is 0.0455. The minimum absolute atomic E-state index is 0.0695. The third-order valence-corrected chi connectivity index (χ3v) is 4.64. The molecule has 0 saturated heterocycles. The van der Waals surface area contributed by atoms with Gasteiger partial charge in [-0.3, -0.25) is 9.36 Å². The molecule has 3 aromatic carbocycles. The van der Waals surface area contributed by atoms with Crippen molar-refractivity contribution in [2.75, 3.05) is 0 Å². The number of nitrogens with one attached hydrogen (secondary N) is 1. The number of hydrogen-bond acceptors (Lipinski definition) is 3. The number of imidazole rings is 1. The molecule has 0 aliphatic carbocycles. The Bertz CT molecular complexity index is 1290. The molecule has 5 aromatic rings. The van der Waals surface area contributed by atoms with Crippen molar-refractivity contribution in [3.63, 3.8) is 0 Å². The molecule has 5 rings (SSSR count). The zero-order valence-corrected chi connectivity index (χ0v) is 14.5. The number of para-hydroxylation sites is 3. The summed E-state index contributed by atoms with van der Waals surface area (Å²) in [5.41, 5.74) is 3.37. The maximum Gasteiger partial charge on any atom is 0.262 e. The predicted octanol–water partition coefficient (Wildman–Crippen LogP) is 3.99. The molecule has 5 nitrogen and oxygen atoms in total. The first kappa shape index (κ1) is 15.5. The number of hydrogen-bond donors (Lipinski definition) is 1. The molecule has 0 fully saturated rings. The highest BCUT2D eigenvalue weighted by atomic mass is 16.1. The molecule has 0 spiro atoms. The van der Waals surface area contributed by atoms with Gasteiger partial charge in [0, 0.05) is 5.56 Å². The molecule has 0 aliphatic heterocycles. The Morgan fingerprint density at radius 1 is 0.778 bits per heavy atom. The second kappa shape index (κ2) is 6.21. The smallest absolute Gasteiger partial charge is 0.262 e. The summed E-state index contributed by atoms with van der Waals surface area (Å²) in [5, 5.41) is 0.605. The summed E-state index contributed by atoms with van der Waals surface area (Å²) in [6.07, 6.45) is 0. The lowest BCUT2D eigenvalue weighted by Gasteiger charge is -2.12. The monoisotopic (exact) mass is 352 g/mol. The lowest BCUT2D eigenvalue weighted by atomic mass is 10.2. The van der Waals surface area contributed by atoms with Crippen LogP contribution in [-0.2, 0) is 6.54 Å². The minimum Gasteiger partial charge on any atom is -0.340 e. The molecule has 0 atom stereocenters. The van der Waals surface area contributed by atoms with Gasteiger partial charge in [0.25, 0.3) is 5.56 Å². The summed E-state index contributed by atoms with van der Waals surface area (Å²) in [5.74, 6) is 1.37. The first-order valence-corrected chi connectivity index (χ1v) is 8.78. The zero-order valence-electron chi connectivity index (χ0n) is 14.5. The Kier molecular flexibility index (Phi) is 3.57. The van der Waals surface area contributed by atoms with Crippen LogP contribution in [-0.4, -0.2) is 19.5 Å². The van der Waals surface area contributed by atoms with Gasteiger partial charge < -0.3 is 4.98 Å². The van der Waals surface area contributed by atoms with Crippen LogP contribution in [0.5, 0.6) is 0 Å². The van der Waals surface area contributed by atoms with Gasteiger partial charge in [-0.05, 0) is 24.3 Å². The molecule has 130 valence electrons. The van der Waals surface area contributed by atoms with Gasteiger partial charge in [-0.15, -0.1) is 0 Å². The first-order valence-electron chi connectivity index (χ1n) is 8.78. The standard InChI is InChI=1S/C22H16N4O/c27-22-16-10-4-5-11-17(16)25-21(15-8-2-1-3-9-15)26(22)14-20-23-18-12-6-7-13-19(18)24-20/h1-13H,14H2,(H,23,24). The van der Waals surface area contributed by atoms with Crippen LogP contribution < -0.4 is 5.56 Å². The van der Waals surface area contributed by atoms with E-state index < -0.39 is 0 Å². The van der Waals surface area contributed by atoms with Crippen molar-refractivity contribution in [1.29, 1.82) is 0 Å². The molecule has 0 saturated carbocycles. The zero-order chi connectivity index (χ0) is 18.2. The second-order valence-corrected chi connectivity index (χ2v) is 6.41. The lowest BCUT2D eigenvalue weighted by molar-refractivity contribution is 0.727. The van der Waals surface area contributed by atoms with E-state index in [9.17, 15) is 4.79 Å². The highest BCUT2D eigenvalue weighted by molar-refractivity contribution is 5.79. The van der Waals surface area contributed by atoms with Gasteiger partial charge in [-0.2, -0.15) is 0 Å². The van der Waals surface area contributed by atoms with Gasteiger partial charge in [0.1, 0.15) is 11.6 Å². The number of aromatic nitrogens is 4. The van der Waals surface area contributed by atoms with Crippen molar-refractivity contribution in [3.05, 3.63) is 95.0 Å². The average molecular weight is 352 g/mol. The molecular weight excluding hydrogens is 336 g/mol. The molecule has 0 radical (unpaired) electrons. The second-order valence-electron chi connectivity index (χ2n) is 6.41. The third kappa shape index (κ3) is 2.69. The predicted molar refractivity (Wildman–Crippen MR) is 107 cm³/mol. The number of nitrogens with zero attached hydrogens (tertiary/aromatic N) is 3. The van der Waals surface area contributed by atoms with Crippen molar-refractivity contribution in [2.24, 2.45) is 0 Å². The van der Waals surface area contributed by atoms with Gasteiger partial charge in [-0.1, -0.05) is 54.6 Å². The molecule has 5 heteroatoms. The van der Waals surface area contributed by atoms with Gasteiger partial charge in [-0.25, -0.2) is 9.97 Å². The van der Waals surface area contributed by atoms with E-state index in [0.717, 1.165) is 22.4 Å². The Hall–Kier alpha value is -3.73. The van der Waals surface area contributed by atoms with Crippen molar-refractivity contribution >= 4 is 21.9 Å². The van der Waals surface area contributed by atoms with E-state index in [0.29, 0.717) is 23.3 Å². The van der Waals surface area contributed by atoms with Gasteiger partial charge >= 0.3 is 0 Å². The van der Waals surface area contributed by atoms with Crippen LogP contribution in [0.3, 0.4) is 0 Å². The summed E-state index contributed by atoms with van der Waals surface area (Å²) in [4.78, 5) is 25.9. The highest BCUT2D eigenvalue weighted by Crippen LogP contribution is 2.20. The maximum atomic E-state index is 13.2. The van der Waals surface area contributed by atoms with E-state index in [1.54, 1.807) is 4.57 Å². The van der Waals surface area contributed by atoms with Crippen LogP contribution in [0.15, 0.2) is 83.7 Å². The van der Waals surface area contributed by atoms with Crippen LogP contribution >= 0.6 is 0 Å². The van der Waals surface area contributed by atoms with Crippen LogP contribution in [0.4, 0.5) is 0 Å². The van der Waals surface area contributed by atoms with E-state index >= 15 is 0 Å². The Labute approximate surface area is 155 Å². The summed E-state index contributed by atoms with van der Waals surface area (Å²) in [6.45, 7) is 0.329. The Morgan fingerprint density at radius 2 is 1.48 bits per heavy atom. The van der Waals surface area contributed by atoms with E-state index in [1.807, 2.05) is 78.9 Å². The number of aromatic amines is 1. The van der Waals surface area contributed by atoms with Crippen LogP contribution in [0.2, 0.25) is 0 Å². The molecule has 2 aromatic heterocycles. The SMILES string of the molecule is O=c1c2ccccc2nc(-c2ccccc2)n1Cc1nc2ccccc2[nH]1. The molecule has 0 aliphatic rings. The fourth-order valence-corrected chi connectivity index (χ4v) is 3.35. The van der Waals surface area contributed by atoms with Crippen molar-refractivity contribution in [2.45, 2.75) is 6.54 Å². The van der Waals surface area contributed by atoms with E-state index in [-0.39, 0.29) is 5.56 Å². The number of H-pyrrole nitrogens is 1. The topological polar surface area (TPSA) is 63.6 Å². The fourth-order valence-electron chi connectivity index (χ4n) is 3.35. The van der Waals surface area contributed by atoms with Gasteiger partial charge in [0.2, 0.25) is 0 Å². The number of benzene rings is 3. The maximum absolute atomic E-state index is 13.2. The largest absolute Gasteiger partial charge is 0.340 e. The van der Waals surface area contributed by atoms with Crippen LogP contribution in [0, 0.1) is 0 Å². The molecule has 0 bridgehead atoms. The van der Waals surface area contributed by atoms with Crippen LogP contribution in [0.1, 0.15) is 5.82 Å². The highest BCUT2D eigenvalue weighted by Gasteiger charge is 2.14. The quantitative estimate of drug-likeness (QED) is 0.534.